The summed E-state index contributed by atoms with van der Waals surface area (Å²) < 4.78 is 1.57. The molecule has 1 fully saturated rings. The molecule has 7 nitrogen and oxygen atoms in total. The molecule has 1 aliphatic rings. The van der Waals surface area contributed by atoms with E-state index in [1.807, 2.05) is 4.90 Å². The summed E-state index contributed by atoms with van der Waals surface area (Å²) in [7, 11) is 0. The van der Waals surface area contributed by atoms with Crippen LogP contribution in [-0.2, 0) is 17.8 Å². The lowest BCUT2D eigenvalue weighted by Gasteiger charge is -2.32. The second-order valence-electron chi connectivity index (χ2n) is 7.09. The van der Waals surface area contributed by atoms with Crippen LogP contribution in [0.3, 0.4) is 0 Å². The van der Waals surface area contributed by atoms with Gasteiger partial charge in [0.25, 0.3) is 5.56 Å². The van der Waals surface area contributed by atoms with Crippen molar-refractivity contribution in [2.45, 2.75) is 45.6 Å². The highest BCUT2D eigenvalue weighted by molar-refractivity contribution is 5.78. The molecule has 3 rings (SSSR count). The summed E-state index contributed by atoms with van der Waals surface area (Å²) in [4.78, 5) is 35.1. The fraction of sp³-hybridized carbons (Fsp3) is 0.556. The van der Waals surface area contributed by atoms with Gasteiger partial charge in [-0.1, -0.05) is 13.8 Å². The Morgan fingerprint density at radius 1 is 1.36 bits per heavy atom. The molecule has 1 atom stereocenters. The molecule has 2 aromatic rings. The van der Waals surface area contributed by atoms with E-state index in [4.69, 9.17) is 0 Å². The number of nitrogens with one attached hydrogen (secondary N) is 1. The number of hydrogen-bond donors (Lipinski definition) is 1. The number of hydrogen-bond acceptors (Lipinski definition) is 4. The highest BCUT2D eigenvalue weighted by Gasteiger charge is 2.26. The minimum atomic E-state index is -0.0780. The molecule has 2 aromatic heterocycles. The van der Waals surface area contributed by atoms with E-state index in [2.05, 4.69) is 28.9 Å². The lowest BCUT2D eigenvalue weighted by molar-refractivity contribution is -0.131. The molecular formula is C18H25N5O2. The third-order valence-corrected chi connectivity index (χ3v) is 4.46. The summed E-state index contributed by atoms with van der Waals surface area (Å²) in [5.74, 6) is 1.40. The fourth-order valence-corrected chi connectivity index (χ4v) is 3.29. The van der Waals surface area contributed by atoms with Crippen LogP contribution in [0.2, 0.25) is 0 Å². The summed E-state index contributed by atoms with van der Waals surface area (Å²) in [5, 5.41) is 3.06. The van der Waals surface area contributed by atoms with Crippen molar-refractivity contribution in [2.24, 2.45) is 5.92 Å². The van der Waals surface area contributed by atoms with Crippen LogP contribution >= 0.6 is 0 Å². The van der Waals surface area contributed by atoms with Crippen LogP contribution in [0.4, 0.5) is 0 Å². The van der Waals surface area contributed by atoms with Crippen LogP contribution in [0.15, 0.2) is 29.3 Å². The van der Waals surface area contributed by atoms with Crippen LogP contribution in [0.25, 0.3) is 0 Å². The van der Waals surface area contributed by atoms with E-state index in [1.54, 1.807) is 23.1 Å². The first-order valence-corrected chi connectivity index (χ1v) is 8.86. The van der Waals surface area contributed by atoms with Crippen molar-refractivity contribution in [1.29, 1.82) is 0 Å². The Balaban J connectivity index is 1.64. The van der Waals surface area contributed by atoms with E-state index >= 15 is 0 Å². The minimum Gasteiger partial charge on any atom is -0.342 e. The van der Waals surface area contributed by atoms with Gasteiger partial charge >= 0.3 is 0 Å². The summed E-state index contributed by atoms with van der Waals surface area (Å²) >= 11 is 0. The molecule has 0 bridgehead atoms. The lowest BCUT2D eigenvalue weighted by atomic mass is 9.97. The average molecular weight is 343 g/mol. The molecular weight excluding hydrogens is 318 g/mol. The van der Waals surface area contributed by atoms with E-state index in [0.717, 1.165) is 25.2 Å². The third kappa shape index (κ3) is 4.35. The molecule has 0 aromatic carbocycles. The number of rotatable bonds is 5. The predicted octanol–water partition coefficient (Wildman–Crippen LogP) is 1.57. The standard InChI is InChI=1S/C18H25N5O2/c1-13(2)11-23-17(25)10-15(21-23)9-16(24)22-8-3-5-14(12-22)18-19-6-4-7-20-18/h4,6-7,10,13-14,21H,3,5,8-9,11-12H2,1-2H3. The van der Waals surface area contributed by atoms with Crippen LogP contribution in [-0.4, -0.2) is 43.6 Å². The molecule has 1 unspecified atom stereocenters. The van der Waals surface area contributed by atoms with Crippen LogP contribution in [0.1, 0.15) is 44.1 Å². The number of carbonyl (C=O) groups excluding carboxylic acids is 1. The monoisotopic (exact) mass is 343 g/mol. The van der Waals surface area contributed by atoms with Gasteiger partial charge in [0.2, 0.25) is 5.91 Å². The summed E-state index contributed by atoms with van der Waals surface area (Å²) in [6.45, 7) is 6.12. The Morgan fingerprint density at radius 3 is 2.84 bits per heavy atom. The van der Waals surface area contributed by atoms with E-state index < -0.39 is 0 Å². The molecule has 134 valence electrons. The van der Waals surface area contributed by atoms with Gasteiger partial charge in [0.1, 0.15) is 5.82 Å². The lowest BCUT2D eigenvalue weighted by Crippen LogP contribution is -2.40. The van der Waals surface area contributed by atoms with Crippen LogP contribution in [0, 0.1) is 5.92 Å². The van der Waals surface area contributed by atoms with Gasteiger partial charge in [0, 0.05) is 49.7 Å². The number of aromatic amines is 1. The molecule has 0 radical (unpaired) electrons. The molecule has 7 heteroatoms. The number of nitrogens with zero attached hydrogens (tertiary/aromatic N) is 4. The van der Waals surface area contributed by atoms with E-state index in [9.17, 15) is 9.59 Å². The van der Waals surface area contributed by atoms with Crippen molar-refractivity contribution in [3.8, 4) is 0 Å². The van der Waals surface area contributed by atoms with Gasteiger partial charge in [0.05, 0.1) is 6.42 Å². The van der Waals surface area contributed by atoms with E-state index in [-0.39, 0.29) is 23.8 Å². The molecule has 1 saturated heterocycles. The van der Waals surface area contributed by atoms with Gasteiger partial charge in [-0.05, 0) is 24.8 Å². The third-order valence-electron chi connectivity index (χ3n) is 4.46. The van der Waals surface area contributed by atoms with Gasteiger partial charge in [-0.3, -0.25) is 19.4 Å². The normalized spacial score (nSPS) is 17.9. The van der Waals surface area contributed by atoms with E-state index in [1.165, 1.54) is 6.07 Å². The summed E-state index contributed by atoms with van der Waals surface area (Å²) in [6, 6.07) is 3.33. The number of piperidine rings is 1. The first-order chi connectivity index (χ1) is 12.0. The summed E-state index contributed by atoms with van der Waals surface area (Å²) in [6.07, 6.45) is 5.65. The minimum absolute atomic E-state index is 0.0404. The molecule has 3 heterocycles. The first-order valence-electron chi connectivity index (χ1n) is 8.86. The molecule has 0 spiro atoms. The van der Waals surface area contributed by atoms with Crippen molar-refractivity contribution in [3.63, 3.8) is 0 Å². The van der Waals surface area contributed by atoms with E-state index in [0.29, 0.717) is 24.7 Å². The topological polar surface area (TPSA) is 83.9 Å². The molecule has 1 N–H and O–H groups in total. The predicted molar refractivity (Wildman–Crippen MR) is 94.2 cm³/mol. The molecule has 0 aliphatic carbocycles. The Kier molecular flexibility index (Phi) is 5.31. The SMILES string of the molecule is CC(C)Cn1[nH]c(CC(=O)N2CCCC(c3ncccn3)C2)cc1=O. The van der Waals surface area contributed by atoms with Gasteiger partial charge in [0.15, 0.2) is 0 Å². The maximum atomic E-state index is 12.6. The Bertz CT molecular complexity index is 765. The van der Waals surface area contributed by atoms with Gasteiger partial charge in [-0.25, -0.2) is 9.97 Å². The Labute approximate surface area is 147 Å². The molecule has 0 saturated carbocycles. The highest BCUT2D eigenvalue weighted by Crippen LogP contribution is 2.24. The van der Waals surface area contributed by atoms with Crippen molar-refractivity contribution in [1.82, 2.24) is 24.6 Å². The molecule has 1 amide bonds. The zero-order chi connectivity index (χ0) is 17.8. The zero-order valence-electron chi connectivity index (χ0n) is 14.8. The molecule has 1 aliphatic heterocycles. The smallest absolute Gasteiger partial charge is 0.266 e. The van der Waals surface area contributed by atoms with Crippen molar-refractivity contribution >= 4 is 5.91 Å². The van der Waals surface area contributed by atoms with Gasteiger partial charge < -0.3 is 4.90 Å². The Morgan fingerprint density at radius 2 is 2.12 bits per heavy atom. The number of aromatic nitrogens is 4. The van der Waals surface area contributed by atoms with Crippen LogP contribution < -0.4 is 5.56 Å². The molecule has 25 heavy (non-hydrogen) atoms. The van der Waals surface area contributed by atoms with Crippen molar-refractivity contribution in [2.75, 3.05) is 13.1 Å². The average Bonchev–Trinajstić information content (AvgIpc) is 2.94. The maximum Gasteiger partial charge on any atom is 0.266 e. The van der Waals surface area contributed by atoms with Crippen molar-refractivity contribution in [3.05, 3.63) is 46.4 Å². The number of H-pyrrole nitrogens is 1. The summed E-state index contributed by atoms with van der Waals surface area (Å²) in [5.41, 5.74) is 0.597. The van der Waals surface area contributed by atoms with Crippen molar-refractivity contribution < 1.29 is 4.79 Å². The number of amides is 1. The zero-order valence-corrected chi connectivity index (χ0v) is 14.8. The fourth-order valence-electron chi connectivity index (χ4n) is 3.29. The number of carbonyl (C=O) groups is 1. The quantitative estimate of drug-likeness (QED) is 0.893. The largest absolute Gasteiger partial charge is 0.342 e. The Hall–Kier alpha value is -2.44. The van der Waals surface area contributed by atoms with Gasteiger partial charge in [-0.15, -0.1) is 0 Å². The highest BCUT2D eigenvalue weighted by atomic mass is 16.2. The second kappa shape index (κ2) is 7.63. The van der Waals surface area contributed by atoms with Crippen LogP contribution in [0.5, 0.6) is 0 Å². The number of likely N-dealkylation sites (tertiary alicyclic amines) is 1. The first kappa shape index (κ1) is 17.4. The maximum absolute atomic E-state index is 12.6. The second-order valence-corrected chi connectivity index (χ2v) is 7.09. The van der Waals surface area contributed by atoms with Gasteiger partial charge in [-0.2, -0.15) is 0 Å².